The van der Waals surface area contributed by atoms with E-state index >= 15 is 0 Å². The van der Waals surface area contributed by atoms with E-state index in [1.165, 1.54) is 20.4 Å². The standard InChI is InChI=1S/C8H8FNO3/c1-12-6-4-10-3-5(9)7(6)8(11)13-2/h3-4H,1-2H3. The molecule has 70 valence electrons. The van der Waals surface area contributed by atoms with Crippen molar-refractivity contribution in [2.75, 3.05) is 14.2 Å². The van der Waals surface area contributed by atoms with E-state index in [0.29, 0.717) is 0 Å². The number of carbonyl (C=O) groups excluding carboxylic acids is 1. The summed E-state index contributed by atoms with van der Waals surface area (Å²) in [5, 5.41) is 0. The van der Waals surface area contributed by atoms with Crippen molar-refractivity contribution < 1.29 is 18.7 Å². The molecule has 0 N–H and O–H groups in total. The minimum atomic E-state index is -0.781. The topological polar surface area (TPSA) is 48.4 Å². The third-order valence-electron chi connectivity index (χ3n) is 1.47. The summed E-state index contributed by atoms with van der Waals surface area (Å²) in [6.07, 6.45) is 2.17. The van der Waals surface area contributed by atoms with Crippen LogP contribution in [0, 0.1) is 5.82 Å². The van der Waals surface area contributed by atoms with E-state index in [2.05, 4.69) is 9.72 Å². The molecule has 0 atom stereocenters. The van der Waals surface area contributed by atoms with Crippen LogP contribution in [-0.4, -0.2) is 25.2 Å². The van der Waals surface area contributed by atoms with Crippen molar-refractivity contribution >= 4 is 5.97 Å². The first-order valence-corrected chi connectivity index (χ1v) is 3.46. The zero-order valence-corrected chi connectivity index (χ0v) is 7.20. The lowest BCUT2D eigenvalue weighted by atomic mass is 10.2. The smallest absolute Gasteiger partial charge is 0.344 e. The quantitative estimate of drug-likeness (QED) is 0.645. The van der Waals surface area contributed by atoms with Crippen molar-refractivity contribution in [3.05, 3.63) is 23.8 Å². The summed E-state index contributed by atoms with van der Waals surface area (Å²) in [6.45, 7) is 0. The third-order valence-corrected chi connectivity index (χ3v) is 1.47. The van der Waals surface area contributed by atoms with E-state index in [1.807, 2.05) is 0 Å². The summed E-state index contributed by atoms with van der Waals surface area (Å²) >= 11 is 0. The number of aromatic nitrogens is 1. The molecule has 0 fully saturated rings. The number of nitrogens with zero attached hydrogens (tertiary/aromatic N) is 1. The van der Waals surface area contributed by atoms with Gasteiger partial charge in [0.05, 0.1) is 26.6 Å². The van der Waals surface area contributed by atoms with Crippen LogP contribution in [0.4, 0.5) is 4.39 Å². The van der Waals surface area contributed by atoms with Crippen LogP contribution in [0.5, 0.6) is 5.75 Å². The SMILES string of the molecule is COC(=O)c1c(F)cncc1OC. The van der Waals surface area contributed by atoms with Crippen molar-refractivity contribution in [2.24, 2.45) is 0 Å². The molecule has 0 bridgehead atoms. The highest BCUT2D eigenvalue weighted by molar-refractivity contribution is 5.92. The van der Waals surface area contributed by atoms with E-state index in [0.717, 1.165) is 6.20 Å². The lowest BCUT2D eigenvalue weighted by Gasteiger charge is -2.05. The van der Waals surface area contributed by atoms with Crippen molar-refractivity contribution in [1.29, 1.82) is 0 Å². The highest BCUT2D eigenvalue weighted by Gasteiger charge is 2.18. The molecule has 0 saturated heterocycles. The Hall–Kier alpha value is -1.65. The average Bonchev–Trinajstić information content (AvgIpc) is 2.16. The zero-order chi connectivity index (χ0) is 9.84. The number of hydrogen-bond acceptors (Lipinski definition) is 4. The maximum atomic E-state index is 13.0. The summed E-state index contributed by atoms with van der Waals surface area (Å²) in [7, 11) is 2.49. The summed E-state index contributed by atoms with van der Waals surface area (Å²) in [4.78, 5) is 14.6. The van der Waals surface area contributed by atoms with Crippen LogP contribution in [0.25, 0.3) is 0 Å². The number of rotatable bonds is 2. The Morgan fingerprint density at radius 3 is 2.69 bits per heavy atom. The van der Waals surface area contributed by atoms with E-state index in [9.17, 15) is 9.18 Å². The molecule has 0 saturated carbocycles. The second kappa shape index (κ2) is 3.84. The maximum absolute atomic E-state index is 13.0. The minimum absolute atomic E-state index is 0.0619. The van der Waals surface area contributed by atoms with Gasteiger partial charge in [-0.15, -0.1) is 0 Å². The number of pyridine rings is 1. The molecule has 13 heavy (non-hydrogen) atoms. The van der Waals surface area contributed by atoms with Crippen LogP contribution in [0.1, 0.15) is 10.4 Å². The van der Waals surface area contributed by atoms with E-state index in [1.54, 1.807) is 0 Å². The molecule has 0 amide bonds. The minimum Gasteiger partial charge on any atom is -0.494 e. The van der Waals surface area contributed by atoms with Crippen molar-refractivity contribution in [1.82, 2.24) is 4.98 Å². The molecule has 0 aliphatic rings. The largest absolute Gasteiger partial charge is 0.494 e. The molecule has 1 aromatic rings. The van der Waals surface area contributed by atoms with E-state index in [4.69, 9.17) is 4.74 Å². The van der Waals surface area contributed by atoms with Crippen LogP contribution in [-0.2, 0) is 4.74 Å². The Kier molecular flexibility index (Phi) is 2.79. The second-order valence-electron chi connectivity index (χ2n) is 2.19. The monoisotopic (exact) mass is 185 g/mol. The van der Waals surface area contributed by atoms with Crippen LogP contribution in [0.3, 0.4) is 0 Å². The average molecular weight is 185 g/mol. The Morgan fingerprint density at radius 2 is 2.15 bits per heavy atom. The molecule has 0 spiro atoms. The Morgan fingerprint density at radius 1 is 1.46 bits per heavy atom. The van der Waals surface area contributed by atoms with Gasteiger partial charge in [-0.3, -0.25) is 4.98 Å². The molecular weight excluding hydrogens is 177 g/mol. The molecule has 4 nitrogen and oxygen atoms in total. The van der Waals surface area contributed by atoms with E-state index < -0.39 is 11.8 Å². The van der Waals surface area contributed by atoms with E-state index in [-0.39, 0.29) is 11.3 Å². The van der Waals surface area contributed by atoms with Crippen LogP contribution >= 0.6 is 0 Å². The fraction of sp³-hybridized carbons (Fsp3) is 0.250. The first-order valence-electron chi connectivity index (χ1n) is 3.46. The molecule has 0 unspecified atom stereocenters. The lowest BCUT2D eigenvalue weighted by molar-refractivity contribution is 0.0591. The number of ether oxygens (including phenoxy) is 2. The predicted octanol–water partition coefficient (Wildman–Crippen LogP) is 1.02. The predicted molar refractivity (Wildman–Crippen MR) is 42.1 cm³/mol. The molecule has 1 rings (SSSR count). The third kappa shape index (κ3) is 1.74. The van der Waals surface area contributed by atoms with Gasteiger partial charge in [0.2, 0.25) is 0 Å². The highest BCUT2D eigenvalue weighted by Crippen LogP contribution is 2.19. The van der Waals surface area contributed by atoms with Gasteiger partial charge in [0.1, 0.15) is 5.56 Å². The summed E-state index contributed by atoms with van der Waals surface area (Å²) in [6, 6.07) is 0. The first kappa shape index (κ1) is 9.44. The highest BCUT2D eigenvalue weighted by atomic mass is 19.1. The zero-order valence-electron chi connectivity index (χ0n) is 7.20. The molecular formula is C8H8FNO3. The van der Waals surface area contributed by atoms with Gasteiger partial charge in [0.25, 0.3) is 0 Å². The first-order chi connectivity index (χ1) is 6.20. The van der Waals surface area contributed by atoms with Crippen LogP contribution in [0.2, 0.25) is 0 Å². The van der Waals surface area contributed by atoms with Crippen molar-refractivity contribution in [3.8, 4) is 5.75 Å². The number of esters is 1. The van der Waals surface area contributed by atoms with Gasteiger partial charge in [0, 0.05) is 0 Å². The lowest BCUT2D eigenvalue weighted by Crippen LogP contribution is -2.07. The van der Waals surface area contributed by atoms with Crippen molar-refractivity contribution in [2.45, 2.75) is 0 Å². The molecule has 1 aromatic heterocycles. The second-order valence-corrected chi connectivity index (χ2v) is 2.19. The number of methoxy groups -OCH3 is 2. The molecule has 0 aliphatic heterocycles. The Balaban J connectivity index is 3.22. The van der Waals surface area contributed by atoms with Gasteiger partial charge in [0.15, 0.2) is 11.6 Å². The number of halogens is 1. The summed E-state index contributed by atoms with van der Waals surface area (Å²) < 4.78 is 22.1. The molecule has 0 radical (unpaired) electrons. The number of carbonyl (C=O) groups is 1. The summed E-state index contributed by atoms with van der Waals surface area (Å²) in [5.74, 6) is -1.48. The van der Waals surface area contributed by atoms with Gasteiger partial charge in [-0.25, -0.2) is 9.18 Å². The fourth-order valence-electron chi connectivity index (χ4n) is 0.872. The van der Waals surface area contributed by atoms with Crippen molar-refractivity contribution in [3.63, 3.8) is 0 Å². The maximum Gasteiger partial charge on any atom is 0.344 e. The van der Waals surface area contributed by atoms with Gasteiger partial charge >= 0.3 is 5.97 Å². The van der Waals surface area contributed by atoms with Crippen LogP contribution < -0.4 is 4.74 Å². The molecule has 0 aliphatic carbocycles. The Labute approximate surface area is 74.3 Å². The molecule has 5 heteroatoms. The van der Waals surface area contributed by atoms with Crippen LogP contribution in [0.15, 0.2) is 12.4 Å². The normalized spacial score (nSPS) is 9.46. The molecule has 0 aromatic carbocycles. The Bertz CT molecular complexity index is 327. The fourth-order valence-corrected chi connectivity index (χ4v) is 0.872. The van der Waals surface area contributed by atoms with Gasteiger partial charge in [-0.05, 0) is 0 Å². The number of hydrogen-bond donors (Lipinski definition) is 0. The molecule has 1 heterocycles. The summed E-state index contributed by atoms with van der Waals surface area (Å²) in [5.41, 5.74) is -0.236. The van der Waals surface area contributed by atoms with Gasteiger partial charge < -0.3 is 9.47 Å². The van der Waals surface area contributed by atoms with Gasteiger partial charge in [-0.1, -0.05) is 0 Å². The van der Waals surface area contributed by atoms with Gasteiger partial charge in [-0.2, -0.15) is 0 Å².